The van der Waals surface area contributed by atoms with E-state index < -0.39 is 5.97 Å². The van der Waals surface area contributed by atoms with E-state index in [0.29, 0.717) is 18.0 Å². The Morgan fingerprint density at radius 2 is 1.79 bits per heavy atom. The van der Waals surface area contributed by atoms with Crippen molar-refractivity contribution in [2.75, 3.05) is 19.6 Å². The molecule has 0 bridgehead atoms. The first-order valence-electron chi connectivity index (χ1n) is 13.1. The van der Waals surface area contributed by atoms with Crippen LogP contribution in [0.4, 0.5) is 4.79 Å². The largest absolute Gasteiger partial charge is 0.477 e. The molecule has 0 spiro atoms. The lowest BCUT2D eigenvalue weighted by Crippen LogP contribution is -2.47. The Kier molecular flexibility index (Phi) is 6.82. The second-order valence-corrected chi connectivity index (χ2v) is 11.3. The highest BCUT2D eigenvalue weighted by Crippen LogP contribution is 2.36. The Morgan fingerprint density at radius 3 is 2.55 bits per heavy atom. The summed E-state index contributed by atoms with van der Waals surface area (Å²) < 4.78 is 0. The monoisotopic (exact) mass is 526 g/mol. The average Bonchev–Trinajstić information content (AvgIpc) is 3.55. The van der Waals surface area contributed by atoms with E-state index in [1.54, 1.807) is 6.07 Å². The van der Waals surface area contributed by atoms with Gasteiger partial charge in [-0.15, -0.1) is 11.3 Å². The smallest absolute Gasteiger partial charge is 0.345 e. The Hall–Kier alpha value is -3.75. The van der Waals surface area contributed by atoms with Crippen LogP contribution < -0.4 is 0 Å². The van der Waals surface area contributed by atoms with Gasteiger partial charge in [0.1, 0.15) is 4.88 Å². The molecule has 7 nitrogen and oxygen atoms in total. The van der Waals surface area contributed by atoms with Crippen LogP contribution >= 0.6 is 11.3 Å². The van der Waals surface area contributed by atoms with Crippen molar-refractivity contribution in [3.05, 3.63) is 99.9 Å². The van der Waals surface area contributed by atoms with Gasteiger partial charge in [-0.2, -0.15) is 0 Å². The van der Waals surface area contributed by atoms with Crippen LogP contribution in [0.25, 0.3) is 10.9 Å². The molecule has 0 radical (unpaired) electrons. The van der Waals surface area contributed by atoms with Crippen molar-refractivity contribution in [2.45, 2.75) is 38.0 Å². The van der Waals surface area contributed by atoms with Crippen molar-refractivity contribution in [3.8, 4) is 0 Å². The van der Waals surface area contributed by atoms with Crippen molar-refractivity contribution >= 4 is 34.2 Å². The number of carboxylic acids is 1. The van der Waals surface area contributed by atoms with E-state index in [9.17, 15) is 14.7 Å². The van der Waals surface area contributed by atoms with Gasteiger partial charge in [-0.3, -0.25) is 9.88 Å². The number of amides is 2. The molecule has 194 valence electrons. The van der Waals surface area contributed by atoms with E-state index in [1.165, 1.54) is 16.9 Å². The van der Waals surface area contributed by atoms with E-state index >= 15 is 0 Å². The number of rotatable bonds is 7. The van der Waals surface area contributed by atoms with Crippen LogP contribution in [0, 0.1) is 0 Å². The average molecular weight is 527 g/mol. The summed E-state index contributed by atoms with van der Waals surface area (Å²) in [5.41, 5.74) is 3.44. The van der Waals surface area contributed by atoms with Gasteiger partial charge < -0.3 is 14.9 Å². The minimum Gasteiger partial charge on any atom is -0.477 e. The number of hydrogen-bond acceptors (Lipinski definition) is 5. The first-order chi connectivity index (χ1) is 18.5. The number of likely N-dealkylation sites (tertiary alicyclic amines) is 1. The molecule has 2 aliphatic heterocycles. The quantitative estimate of drug-likeness (QED) is 0.337. The van der Waals surface area contributed by atoms with Crippen LogP contribution in [0.2, 0.25) is 0 Å². The third-order valence-corrected chi connectivity index (χ3v) is 8.71. The number of carbonyl (C=O) groups excluding carboxylic acids is 1. The number of carbonyl (C=O) groups is 2. The van der Waals surface area contributed by atoms with Gasteiger partial charge in [-0.1, -0.05) is 42.5 Å². The molecule has 0 aliphatic carbocycles. The highest BCUT2D eigenvalue weighted by molar-refractivity contribution is 7.13. The predicted molar refractivity (Wildman–Crippen MR) is 148 cm³/mol. The highest BCUT2D eigenvalue weighted by Gasteiger charge is 2.42. The highest BCUT2D eigenvalue weighted by atomic mass is 32.1. The van der Waals surface area contributed by atoms with E-state index in [2.05, 4.69) is 51.2 Å². The molecule has 2 aromatic heterocycles. The maximum atomic E-state index is 13.8. The summed E-state index contributed by atoms with van der Waals surface area (Å²) in [6.45, 7) is 3.81. The Bertz CT molecular complexity index is 1450. The lowest BCUT2D eigenvalue weighted by Gasteiger charge is -2.39. The topological polar surface area (TPSA) is 77.0 Å². The zero-order valence-electron chi connectivity index (χ0n) is 21.1. The van der Waals surface area contributed by atoms with Gasteiger partial charge in [-0.05, 0) is 54.3 Å². The number of benzene rings is 2. The fourth-order valence-electron chi connectivity index (χ4n) is 5.76. The molecule has 1 atom stereocenters. The zero-order valence-corrected chi connectivity index (χ0v) is 21.9. The normalized spacial score (nSPS) is 18.9. The molecule has 38 heavy (non-hydrogen) atoms. The number of carboxylic acid groups (broad SMARTS) is 1. The number of thiophene rings is 1. The summed E-state index contributed by atoms with van der Waals surface area (Å²) in [6, 6.07) is 24.5. The van der Waals surface area contributed by atoms with Gasteiger partial charge in [-0.25, -0.2) is 9.59 Å². The van der Waals surface area contributed by atoms with Crippen molar-refractivity contribution in [2.24, 2.45) is 0 Å². The fourth-order valence-corrected chi connectivity index (χ4v) is 6.62. The summed E-state index contributed by atoms with van der Waals surface area (Å²) in [4.78, 5) is 37.1. The number of aromatic nitrogens is 1. The second kappa shape index (κ2) is 10.6. The maximum absolute atomic E-state index is 13.8. The van der Waals surface area contributed by atoms with Crippen LogP contribution in [-0.4, -0.2) is 62.5 Å². The molecule has 8 heteroatoms. The Labute approximate surface area is 225 Å². The summed E-state index contributed by atoms with van der Waals surface area (Å²) >= 11 is 1.24. The standard InChI is InChI=1S/C30H30N4O3S/c35-29(36)28-11-9-25(38-28)19-33-20-27(22-5-2-1-3-6-22)34(30(33)37)24-12-15-32(16-13-24)18-21-8-10-26-23(17-21)7-4-14-31-26/h1-11,14,17,24,27H,12-13,15-16,18-20H2,(H,35,36)/t27-/m0/s1. The van der Waals surface area contributed by atoms with E-state index in [0.717, 1.165) is 53.8 Å². The maximum Gasteiger partial charge on any atom is 0.345 e. The molecule has 4 aromatic rings. The molecule has 2 fully saturated rings. The van der Waals surface area contributed by atoms with Crippen molar-refractivity contribution in [1.82, 2.24) is 19.7 Å². The molecular formula is C30H30N4O3S. The molecule has 2 aromatic carbocycles. The number of fused-ring (bicyclic) bond motifs is 1. The summed E-state index contributed by atoms with van der Waals surface area (Å²) in [5.74, 6) is -0.926. The number of urea groups is 1. The number of hydrogen-bond donors (Lipinski definition) is 1. The molecule has 2 saturated heterocycles. The minimum atomic E-state index is -0.926. The van der Waals surface area contributed by atoms with Crippen LogP contribution in [0.1, 0.15) is 44.6 Å². The van der Waals surface area contributed by atoms with Gasteiger partial charge >= 0.3 is 12.0 Å². The number of pyridine rings is 1. The molecule has 0 saturated carbocycles. The van der Waals surface area contributed by atoms with Crippen LogP contribution in [-0.2, 0) is 13.1 Å². The summed E-state index contributed by atoms with van der Waals surface area (Å²) in [5, 5.41) is 10.5. The van der Waals surface area contributed by atoms with Crippen LogP contribution in [0.3, 0.4) is 0 Å². The molecule has 4 heterocycles. The van der Waals surface area contributed by atoms with Crippen molar-refractivity contribution < 1.29 is 14.7 Å². The van der Waals surface area contributed by atoms with Gasteiger partial charge in [0.15, 0.2) is 0 Å². The SMILES string of the molecule is O=C(O)c1ccc(CN2C[C@@H](c3ccccc3)N(C3CCN(Cc4ccc5ncccc5c4)CC3)C2=O)s1. The number of piperidine rings is 1. The lowest BCUT2D eigenvalue weighted by molar-refractivity contribution is 0.0702. The first kappa shape index (κ1) is 24.6. The minimum absolute atomic E-state index is 0.00727. The third-order valence-electron chi connectivity index (χ3n) is 7.65. The number of aromatic carboxylic acids is 1. The second-order valence-electron chi connectivity index (χ2n) is 10.1. The summed E-state index contributed by atoms with van der Waals surface area (Å²) in [6.07, 6.45) is 3.68. The van der Waals surface area contributed by atoms with E-state index in [1.807, 2.05) is 41.4 Å². The summed E-state index contributed by atoms with van der Waals surface area (Å²) in [7, 11) is 0. The Morgan fingerprint density at radius 1 is 0.974 bits per heavy atom. The molecule has 2 aliphatic rings. The fraction of sp³-hybridized carbons (Fsp3) is 0.300. The molecule has 2 amide bonds. The van der Waals surface area contributed by atoms with Crippen molar-refractivity contribution in [1.29, 1.82) is 0 Å². The molecular weight excluding hydrogens is 496 g/mol. The van der Waals surface area contributed by atoms with Crippen molar-refractivity contribution in [3.63, 3.8) is 0 Å². The molecule has 6 rings (SSSR count). The van der Waals surface area contributed by atoms with Crippen LogP contribution in [0.15, 0.2) is 79.0 Å². The Balaban J connectivity index is 1.15. The lowest BCUT2D eigenvalue weighted by atomic mass is 9.98. The van der Waals surface area contributed by atoms with Crippen LogP contribution in [0.5, 0.6) is 0 Å². The molecule has 1 N–H and O–H groups in total. The van der Waals surface area contributed by atoms with E-state index in [-0.39, 0.29) is 18.1 Å². The van der Waals surface area contributed by atoms with Gasteiger partial charge in [0.25, 0.3) is 0 Å². The third kappa shape index (κ3) is 5.01. The van der Waals surface area contributed by atoms with Gasteiger partial charge in [0.05, 0.1) is 18.1 Å². The van der Waals surface area contributed by atoms with Gasteiger partial charge in [0, 0.05) is 48.7 Å². The predicted octanol–water partition coefficient (Wildman–Crippen LogP) is 5.64. The van der Waals surface area contributed by atoms with E-state index in [4.69, 9.17) is 0 Å². The zero-order chi connectivity index (χ0) is 26.1. The van der Waals surface area contributed by atoms with Gasteiger partial charge in [0.2, 0.25) is 0 Å². The number of nitrogens with zero attached hydrogens (tertiary/aromatic N) is 4. The first-order valence-corrected chi connectivity index (χ1v) is 13.9. The molecule has 0 unspecified atom stereocenters.